The van der Waals surface area contributed by atoms with E-state index in [0.717, 1.165) is 6.07 Å². The number of carbonyl (C=O) groups is 3. The fourth-order valence-electron chi connectivity index (χ4n) is 3.01. The molecule has 0 saturated carbocycles. The first-order chi connectivity index (χ1) is 14.5. The van der Waals surface area contributed by atoms with Gasteiger partial charge in [0.25, 0.3) is 5.91 Å². The second kappa shape index (κ2) is 9.15. The van der Waals surface area contributed by atoms with Gasteiger partial charge in [-0.05, 0) is 42.5 Å². The van der Waals surface area contributed by atoms with Crippen LogP contribution in [0.25, 0.3) is 0 Å². The van der Waals surface area contributed by atoms with Crippen molar-refractivity contribution in [2.45, 2.75) is 12.6 Å². The van der Waals surface area contributed by atoms with Crippen molar-refractivity contribution < 1.29 is 32.3 Å². The predicted molar refractivity (Wildman–Crippen MR) is 108 cm³/mol. The van der Waals surface area contributed by atoms with E-state index in [0.29, 0.717) is 16.8 Å². The molecule has 2 aromatic carbocycles. The molecule has 164 valence electrons. The largest absolute Gasteiger partial charge is 0.455 e. The van der Waals surface area contributed by atoms with Crippen LogP contribution in [-0.2, 0) is 25.3 Å². The summed E-state index contributed by atoms with van der Waals surface area (Å²) in [5, 5.41) is 2.21. The van der Waals surface area contributed by atoms with Crippen molar-refractivity contribution in [2.24, 2.45) is 5.92 Å². The van der Waals surface area contributed by atoms with Crippen molar-refractivity contribution in [3.05, 3.63) is 58.1 Å². The van der Waals surface area contributed by atoms with E-state index in [2.05, 4.69) is 5.32 Å². The number of benzene rings is 2. The average Bonchev–Trinajstić information content (AvgIpc) is 3.09. The molecule has 0 bridgehead atoms. The summed E-state index contributed by atoms with van der Waals surface area (Å²) >= 11 is 11.4. The lowest BCUT2D eigenvalue weighted by Crippen LogP contribution is -2.28. The Kier molecular flexibility index (Phi) is 6.76. The molecule has 6 nitrogen and oxygen atoms in total. The average molecular weight is 475 g/mol. The van der Waals surface area contributed by atoms with Gasteiger partial charge in [-0.25, -0.2) is 0 Å². The van der Waals surface area contributed by atoms with Gasteiger partial charge >= 0.3 is 12.1 Å². The summed E-state index contributed by atoms with van der Waals surface area (Å²) < 4.78 is 43.6. The fraction of sp³-hybridized carbons (Fsp3) is 0.250. The third-order valence-corrected chi connectivity index (χ3v) is 5.08. The summed E-state index contributed by atoms with van der Waals surface area (Å²) in [7, 11) is 0. The number of anilines is 2. The van der Waals surface area contributed by atoms with E-state index in [1.165, 1.54) is 11.0 Å². The molecule has 2 aromatic rings. The van der Waals surface area contributed by atoms with Crippen LogP contribution in [0.1, 0.15) is 12.0 Å². The monoisotopic (exact) mass is 474 g/mol. The van der Waals surface area contributed by atoms with Crippen molar-refractivity contribution in [1.29, 1.82) is 0 Å². The summed E-state index contributed by atoms with van der Waals surface area (Å²) in [5.74, 6) is -2.65. The fourth-order valence-corrected chi connectivity index (χ4v) is 3.36. The number of carbonyl (C=O) groups excluding carboxylic acids is 3. The molecular formula is C20H15Cl2F3N2O4. The highest BCUT2D eigenvalue weighted by Gasteiger charge is 2.36. The zero-order valence-electron chi connectivity index (χ0n) is 15.7. The number of nitrogens with one attached hydrogen (secondary N) is 1. The molecule has 0 unspecified atom stereocenters. The molecule has 0 radical (unpaired) electrons. The summed E-state index contributed by atoms with van der Waals surface area (Å²) in [6.07, 6.45) is -4.77. The third kappa shape index (κ3) is 5.68. The molecule has 1 saturated heterocycles. The molecule has 11 heteroatoms. The van der Waals surface area contributed by atoms with Crippen molar-refractivity contribution in [1.82, 2.24) is 0 Å². The number of amides is 2. The molecule has 1 aliphatic rings. The third-order valence-electron chi connectivity index (χ3n) is 4.50. The molecule has 1 fully saturated rings. The second-order valence-corrected chi connectivity index (χ2v) is 7.57. The Morgan fingerprint density at radius 3 is 2.45 bits per heavy atom. The Morgan fingerprint density at radius 1 is 1.13 bits per heavy atom. The summed E-state index contributed by atoms with van der Waals surface area (Å²) in [6.45, 7) is -0.637. The van der Waals surface area contributed by atoms with Crippen molar-refractivity contribution in [3.8, 4) is 0 Å². The van der Waals surface area contributed by atoms with Crippen LogP contribution in [0.2, 0.25) is 10.0 Å². The van der Waals surface area contributed by atoms with Crippen LogP contribution in [0.15, 0.2) is 42.5 Å². The Morgan fingerprint density at radius 2 is 1.81 bits per heavy atom. The van der Waals surface area contributed by atoms with Gasteiger partial charge < -0.3 is 15.0 Å². The van der Waals surface area contributed by atoms with Crippen LogP contribution in [0.3, 0.4) is 0 Å². The molecule has 1 aliphatic heterocycles. The maximum atomic E-state index is 12.9. The lowest BCUT2D eigenvalue weighted by Gasteiger charge is -2.16. The van der Waals surface area contributed by atoms with E-state index < -0.39 is 41.2 Å². The summed E-state index contributed by atoms with van der Waals surface area (Å²) in [6, 6.07) is 9.38. The molecule has 1 N–H and O–H groups in total. The normalized spacial score (nSPS) is 16.4. The maximum absolute atomic E-state index is 12.9. The Labute approximate surface area is 184 Å². The molecule has 0 aliphatic carbocycles. The number of hydrogen-bond acceptors (Lipinski definition) is 4. The lowest BCUT2D eigenvalue weighted by atomic mass is 10.1. The minimum Gasteiger partial charge on any atom is -0.455 e. The minimum atomic E-state index is -4.69. The number of rotatable bonds is 5. The van der Waals surface area contributed by atoms with Crippen LogP contribution in [0.4, 0.5) is 24.5 Å². The van der Waals surface area contributed by atoms with Crippen LogP contribution in [0, 0.1) is 5.92 Å². The zero-order valence-corrected chi connectivity index (χ0v) is 17.2. The van der Waals surface area contributed by atoms with E-state index in [-0.39, 0.29) is 24.6 Å². The number of halogens is 5. The predicted octanol–water partition coefficient (Wildman–Crippen LogP) is 4.55. The molecule has 1 atom stereocenters. The highest BCUT2D eigenvalue weighted by molar-refractivity contribution is 6.31. The van der Waals surface area contributed by atoms with Gasteiger partial charge in [-0.15, -0.1) is 0 Å². The lowest BCUT2D eigenvalue weighted by molar-refractivity contribution is -0.151. The van der Waals surface area contributed by atoms with Gasteiger partial charge in [0, 0.05) is 29.4 Å². The standard InChI is InChI=1S/C20H15Cl2F3N2O4/c21-12-1-4-14(5-2-12)27-9-11(7-18(27)29)19(30)31-10-17(28)26-13-3-6-16(22)15(8-13)20(23,24)25/h1-6,8,11H,7,9-10H2,(H,26,28)/t11-/m1/s1. The highest BCUT2D eigenvalue weighted by Crippen LogP contribution is 2.36. The summed E-state index contributed by atoms with van der Waals surface area (Å²) in [4.78, 5) is 37.8. The zero-order chi connectivity index (χ0) is 22.8. The van der Waals surface area contributed by atoms with Crippen LogP contribution in [-0.4, -0.2) is 30.9 Å². The first kappa shape index (κ1) is 22.9. The molecule has 31 heavy (non-hydrogen) atoms. The molecule has 0 spiro atoms. The van der Waals surface area contributed by atoms with Crippen LogP contribution >= 0.6 is 23.2 Å². The summed E-state index contributed by atoms with van der Waals surface area (Å²) in [5.41, 5.74) is -0.677. The van der Waals surface area contributed by atoms with E-state index in [1.807, 2.05) is 0 Å². The van der Waals surface area contributed by atoms with Gasteiger partial charge in [0.2, 0.25) is 5.91 Å². The Hall–Kier alpha value is -2.78. The number of hydrogen-bond donors (Lipinski definition) is 1. The van der Waals surface area contributed by atoms with Crippen molar-refractivity contribution in [2.75, 3.05) is 23.4 Å². The smallest absolute Gasteiger partial charge is 0.417 e. The molecule has 0 aromatic heterocycles. The van der Waals surface area contributed by atoms with E-state index in [1.54, 1.807) is 24.3 Å². The second-order valence-electron chi connectivity index (χ2n) is 6.73. The van der Waals surface area contributed by atoms with Gasteiger partial charge in [0.1, 0.15) is 0 Å². The van der Waals surface area contributed by atoms with Crippen molar-refractivity contribution >= 4 is 52.4 Å². The SMILES string of the molecule is O=C(COC(=O)[C@@H]1CC(=O)N(c2ccc(Cl)cc2)C1)Nc1ccc(Cl)c(C(F)(F)F)c1. The van der Waals surface area contributed by atoms with Crippen molar-refractivity contribution in [3.63, 3.8) is 0 Å². The first-order valence-electron chi connectivity index (χ1n) is 8.94. The quantitative estimate of drug-likeness (QED) is 0.645. The maximum Gasteiger partial charge on any atom is 0.417 e. The number of ether oxygens (including phenoxy) is 1. The highest BCUT2D eigenvalue weighted by atomic mass is 35.5. The van der Waals surface area contributed by atoms with Crippen LogP contribution < -0.4 is 10.2 Å². The minimum absolute atomic E-state index is 0.0764. The number of nitrogens with zero attached hydrogens (tertiary/aromatic N) is 1. The van der Waals surface area contributed by atoms with Crippen LogP contribution in [0.5, 0.6) is 0 Å². The molecule has 3 rings (SSSR count). The van der Waals surface area contributed by atoms with E-state index >= 15 is 0 Å². The molecular weight excluding hydrogens is 460 g/mol. The van der Waals surface area contributed by atoms with Gasteiger partial charge in [0.05, 0.1) is 16.5 Å². The van der Waals surface area contributed by atoms with Gasteiger partial charge in [0.15, 0.2) is 6.61 Å². The Balaban J connectivity index is 1.54. The van der Waals surface area contributed by atoms with E-state index in [9.17, 15) is 27.6 Å². The molecule has 2 amide bonds. The van der Waals surface area contributed by atoms with Gasteiger partial charge in [-0.1, -0.05) is 23.2 Å². The van der Waals surface area contributed by atoms with Gasteiger partial charge in [-0.3, -0.25) is 14.4 Å². The molecule has 1 heterocycles. The topological polar surface area (TPSA) is 75.7 Å². The van der Waals surface area contributed by atoms with E-state index in [4.69, 9.17) is 27.9 Å². The first-order valence-corrected chi connectivity index (χ1v) is 9.69. The number of alkyl halides is 3. The number of esters is 1. The Bertz CT molecular complexity index is 1010. The van der Waals surface area contributed by atoms with Gasteiger partial charge in [-0.2, -0.15) is 13.2 Å².